The highest BCUT2D eigenvalue weighted by molar-refractivity contribution is 5.79. The predicted octanol–water partition coefficient (Wildman–Crippen LogP) is 0.688. The molecule has 0 saturated carbocycles. The van der Waals surface area contributed by atoms with Crippen molar-refractivity contribution in [2.45, 2.75) is 52.2 Å². The van der Waals surface area contributed by atoms with Gasteiger partial charge in [0.2, 0.25) is 0 Å². The smallest absolute Gasteiger partial charge is 0.191 e. The molecule has 6 heteroatoms. The van der Waals surface area contributed by atoms with Crippen LogP contribution in [0.4, 0.5) is 0 Å². The van der Waals surface area contributed by atoms with Crippen LogP contribution in [0, 0.1) is 0 Å². The fourth-order valence-corrected chi connectivity index (χ4v) is 2.13. The summed E-state index contributed by atoms with van der Waals surface area (Å²) >= 11 is 0. The third kappa shape index (κ3) is 3.00. The zero-order valence-electron chi connectivity index (χ0n) is 11.4. The largest absolute Gasteiger partial charge is 0.354 e. The first-order valence-corrected chi connectivity index (χ1v) is 6.59. The third-order valence-corrected chi connectivity index (χ3v) is 3.00. The number of hydrogen-bond donors (Lipinski definition) is 2. The Morgan fingerprint density at radius 1 is 1.39 bits per heavy atom. The van der Waals surface area contributed by atoms with Crippen molar-refractivity contribution < 1.29 is 0 Å². The highest BCUT2D eigenvalue weighted by Crippen LogP contribution is 2.13. The lowest BCUT2D eigenvalue weighted by molar-refractivity contribution is 0.504. The average Bonchev–Trinajstić information content (AvgIpc) is 2.77. The molecule has 0 bridgehead atoms. The molecule has 0 amide bonds. The van der Waals surface area contributed by atoms with Gasteiger partial charge in [-0.1, -0.05) is 0 Å². The molecule has 1 aromatic rings. The van der Waals surface area contributed by atoms with Crippen LogP contribution >= 0.6 is 0 Å². The summed E-state index contributed by atoms with van der Waals surface area (Å²) in [6.07, 6.45) is 3.49. The Kier molecular flexibility index (Phi) is 4.17. The van der Waals surface area contributed by atoms with Crippen LogP contribution in [-0.2, 0) is 19.5 Å². The highest BCUT2D eigenvalue weighted by atomic mass is 15.3. The van der Waals surface area contributed by atoms with Crippen LogP contribution in [0.5, 0.6) is 0 Å². The van der Waals surface area contributed by atoms with Crippen LogP contribution in [0.1, 0.15) is 38.3 Å². The third-order valence-electron chi connectivity index (χ3n) is 3.00. The van der Waals surface area contributed by atoms with Gasteiger partial charge in [-0.15, -0.1) is 10.2 Å². The minimum absolute atomic E-state index is 0.364. The number of nitrogens with one attached hydrogen (secondary N) is 2. The summed E-state index contributed by atoms with van der Waals surface area (Å²) < 4.78 is 2.22. The number of aliphatic imine (C=N–C) groups is 1. The maximum absolute atomic E-state index is 4.25. The number of nitrogens with zero attached hydrogens (tertiary/aromatic N) is 4. The Bertz CT molecular complexity index is 420. The maximum Gasteiger partial charge on any atom is 0.191 e. The first-order chi connectivity index (χ1) is 8.70. The molecule has 0 unspecified atom stereocenters. The summed E-state index contributed by atoms with van der Waals surface area (Å²) in [5.74, 6) is 2.92. The van der Waals surface area contributed by atoms with E-state index in [1.54, 1.807) is 7.05 Å². The standard InChI is InChI=1S/C12H22N6/c1-9(2)15-12(13-3)14-8-11-17-16-10-6-4-5-7-18(10)11/h9H,4-8H2,1-3H3,(H2,13,14,15). The summed E-state index contributed by atoms with van der Waals surface area (Å²) in [4.78, 5) is 4.18. The minimum Gasteiger partial charge on any atom is -0.354 e. The van der Waals surface area contributed by atoms with Crippen molar-refractivity contribution in [2.24, 2.45) is 4.99 Å². The molecule has 0 spiro atoms. The first kappa shape index (κ1) is 12.9. The molecule has 2 heterocycles. The zero-order chi connectivity index (χ0) is 13.0. The van der Waals surface area contributed by atoms with Crippen LogP contribution in [0.15, 0.2) is 4.99 Å². The summed E-state index contributed by atoms with van der Waals surface area (Å²) in [7, 11) is 1.77. The second kappa shape index (κ2) is 5.84. The van der Waals surface area contributed by atoms with Gasteiger partial charge in [-0.25, -0.2) is 0 Å². The van der Waals surface area contributed by atoms with Gasteiger partial charge in [-0.05, 0) is 26.7 Å². The fourth-order valence-electron chi connectivity index (χ4n) is 2.13. The molecule has 18 heavy (non-hydrogen) atoms. The van der Waals surface area contributed by atoms with Crippen molar-refractivity contribution in [2.75, 3.05) is 7.05 Å². The molecular formula is C12H22N6. The Morgan fingerprint density at radius 3 is 2.94 bits per heavy atom. The molecule has 100 valence electrons. The van der Waals surface area contributed by atoms with Gasteiger partial charge in [0.05, 0.1) is 6.54 Å². The fraction of sp³-hybridized carbons (Fsp3) is 0.750. The van der Waals surface area contributed by atoms with Crippen molar-refractivity contribution in [1.29, 1.82) is 0 Å². The maximum atomic E-state index is 4.25. The molecule has 0 saturated heterocycles. The molecule has 6 nitrogen and oxygen atoms in total. The van der Waals surface area contributed by atoms with Gasteiger partial charge in [0.15, 0.2) is 11.8 Å². The summed E-state index contributed by atoms with van der Waals surface area (Å²) in [5, 5.41) is 15.0. The van der Waals surface area contributed by atoms with E-state index < -0.39 is 0 Å². The van der Waals surface area contributed by atoms with Gasteiger partial charge in [0.1, 0.15) is 5.82 Å². The number of guanidine groups is 1. The van der Waals surface area contributed by atoms with E-state index in [0.717, 1.165) is 30.6 Å². The molecule has 1 aliphatic rings. The van der Waals surface area contributed by atoms with Crippen LogP contribution < -0.4 is 10.6 Å². The minimum atomic E-state index is 0.364. The normalized spacial score (nSPS) is 15.7. The molecule has 2 N–H and O–H groups in total. The molecular weight excluding hydrogens is 228 g/mol. The molecule has 0 fully saturated rings. The SMILES string of the molecule is CN=C(NCc1nnc2n1CCCC2)NC(C)C. The van der Waals surface area contributed by atoms with E-state index in [-0.39, 0.29) is 0 Å². The van der Waals surface area contributed by atoms with Gasteiger partial charge >= 0.3 is 0 Å². The zero-order valence-corrected chi connectivity index (χ0v) is 11.4. The van der Waals surface area contributed by atoms with Crippen molar-refractivity contribution in [3.05, 3.63) is 11.6 Å². The van der Waals surface area contributed by atoms with Gasteiger partial charge < -0.3 is 15.2 Å². The number of fused-ring (bicyclic) bond motifs is 1. The van der Waals surface area contributed by atoms with E-state index in [0.29, 0.717) is 12.6 Å². The van der Waals surface area contributed by atoms with Gasteiger partial charge in [-0.3, -0.25) is 4.99 Å². The van der Waals surface area contributed by atoms with Crippen LogP contribution in [0.25, 0.3) is 0 Å². The lowest BCUT2D eigenvalue weighted by atomic mass is 10.2. The van der Waals surface area contributed by atoms with E-state index in [1.165, 1.54) is 12.8 Å². The summed E-state index contributed by atoms with van der Waals surface area (Å²) in [6, 6.07) is 0.364. The van der Waals surface area contributed by atoms with Crippen molar-refractivity contribution in [3.63, 3.8) is 0 Å². The Balaban J connectivity index is 1.95. The van der Waals surface area contributed by atoms with E-state index in [9.17, 15) is 0 Å². The monoisotopic (exact) mass is 250 g/mol. The van der Waals surface area contributed by atoms with Crippen molar-refractivity contribution >= 4 is 5.96 Å². The number of rotatable bonds is 3. The molecule has 2 rings (SSSR count). The van der Waals surface area contributed by atoms with Crippen LogP contribution in [0.3, 0.4) is 0 Å². The molecule has 0 aliphatic carbocycles. The number of aromatic nitrogens is 3. The second-order valence-corrected chi connectivity index (χ2v) is 4.87. The van der Waals surface area contributed by atoms with Gasteiger partial charge in [0.25, 0.3) is 0 Å². The summed E-state index contributed by atoms with van der Waals surface area (Å²) in [5.41, 5.74) is 0. The topological polar surface area (TPSA) is 67.1 Å². The molecule has 1 aliphatic heterocycles. The van der Waals surface area contributed by atoms with Crippen molar-refractivity contribution in [1.82, 2.24) is 25.4 Å². The lowest BCUT2D eigenvalue weighted by Gasteiger charge is -2.17. The van der Waals surface area contributed by atoms with E-state index in [4.69, 9.17) is 0 Å². The molecule has 0 aromatic carbocycles. The van der Waals surface area contributed by atoms with Crippen LogP contribution in [-0.4, -0.2) is 33.8 Å². The summed E-state index contributed by atoms with van der Waals surface area (Å²) in [6.45, 7) is 5.88. The number of aryl methyl sites for hydroxylation is 1. The van der Waals surface area contributed by atoms with E-state index in [2.05, 4.69) is 44.2 Å². The average molecular weight is 250 g/mol. The van der Waals surface area contributed by atoms with Gasteiger partial charge in [-0.2, -0.15) is 0 Å². The van der Waals surface area contributed by atoms with Crippen LogP contribution in [0.2, 0.25) is 0 Å². The Morgan fingerprint density at radius 2 is 2.22 bits per heavy atom. The molecule has 1 aromatic heterocycles. The Labute approximate surface area is 108 Å². The molecule has 0 atom stereocenters. The van der Waals surface area contributed by atoms with Gasteiger partial charge in [0, 0.05) is 26.1 Å². The predicted molar refractivity (Wildman–Crippen MR) is 71.4 cm³/mol. The quantitative estimate of drug-likeness (QED) is 0.612. The van der Waals surface area contributed by atoms with E-state index in [1.807, 2.05) is 0 Å². The first-order valence-electron chi connectivity index (χ1n) is 6.59. The number of hydrogen-bond acceptors (Lipinski definition) is 3. The highest BCUT2D eigenvalue weighted by Gasteiger charge is 2.15. The lowest BCUT2D eigenvalue weighted by Crippen LogP contribution is -2.41. The Hall–Kier alpha value is -1.59. The van der Waals surface area contributed by atoms with E-state index >= 15 is 0 Å². The second-order valence-electron chi connectivity index (χ2n) is 4.87. The van der Waals surface area contributed by atoms with Crippen molar-refractivity contribution in [3.8, 4) is 0 Å². The molecule has 0 radical (unpaired) electrons.